The van der Waals surface area contributed by atoms with Gasteiger partial charge < -0.3 is 9.64 Å². The summed E-state index contributed by atoms with van der Waals surface area (Å²) in [5, 5.41) is 9.10. The molecule has 2 aliphatic heterocycles. The molecule has 3 heterocycles. The first kappa shape index (κ1) is 18.6. The van der Waals surface area contributed by atoms with Gasteiger partial charge in [0.2, 0.25) is 0 Å². The fraction of sp³-hybridized carbons (Fsp3) is 0.750. The summed E-state index contributed by atoms with van der Waals surface area (Å²) in [5.41, 5.74) is 8.00. The number of fused-ring (bicyclic) bond motifs is 1. The van der Waals surface area contributed by atoms with Crippen LogP contribution in [0.15, 0.2) is 12.4 Å². The number of ether oxygens (including phenoxy) is 1. The molecule has 1 aromatic heterocycles. The highest BCUT2D eigenvalue weighted by molar-refractivity contribution is 5.40. The molecule has 0 bridgehead atoms. The monoisotopic (exact) mass is 370 g/mol. The fourth-order valence-corrected chi connectivity index (χ4v) is 4.76. The van der Waals surface area contributed by atoms with Crippen molar-refractivity contribution >= 4 is 5.82 Å². The molecule has 3 fully saturated rings. The van der Waals surface area contributed by atoms with E-state index in [1.807, 2.05) is 0 Å². The number of hydrogen-bond acceptors (Lipinski definition) is 7. The van der Waals surface area contributed by atoms with Crippen molar-refractivity contribution in [3.63, 3.8) is 0 Å². The normalized spacial score (nSPS) is 31.7. The smallest absolute Gasteiger partial charge is 0.132 e. The topological polar surface area (TPSA) is 86.1 Å². The minimum Gasteiger partial charge on any atom is -0.376 e. The first-order chi connectivity index (χ1) is 13.1. The van der Waals surface area contributed by atoms with E-state index in [-0.39, 0.29) is 18.1 Å². The fourth-order valence-electron chi connectivity index (χ4n) is 4.76. The second-order valence-electron chi connectivity index (χ2n) is 8.35. The molecule has 0 spiro atoms. The Morgan fingerprint density at radius 3 is 2.74 bits per heavy atom. The summed E-state index contributed by atoms with van der Waals surface area (Å²) >= 11 is 0. The Morgan fingerprint density at radius 2 is 2.00 bits per heavy atom. The molecule has 2 N–H and O–H groups in total. The van der Waals surface area contributed by atoms with E-state index in [0.29, 0.717) is 18.1 Å². The maximum atomic E-state index is 9.10. The highest BCUT2D eigenvalue weighted by Crippen LogP contribution is 2.39. The summed E-state index contributed by atoms with van der Waals surface area (Å²) in [4.78, 5) is 11.4. The van der Waals surface area contributed by atoms with Crippen LogP contribution in [0.4, 0.5) is 5.82 Å². The molecule has 1 aromatic rings. The number of nitriles is 1. The lowest BCUT2D eigenvalue weighted by Gasteiger charge is -2.34. The maximum absolute atomic E-state index is 9.10. The second kappa shape index (κ2) is 8.09. The molecule has 1 aliphatic carbocycles. The van der Waals surface area contributed by atoms with Gasteiger partial charge in [0.05, 0.1) is 30.0 Å². The zero-order chi connectivity index (χ0) is 18.8. The van der Waals surface area contributed by atoms with Gasteiger partial charge in [-0.05, 0) is 46.0 Å². The molecule has 0 aromatic carbocycles. The Balaban J connectivity index is 1.46. The highest BCUT2D eigenvalue weighted by atomic mass is 16.5. The summed E-state index contributed by atoms with van der Waals surface area (Å²) < 4.78 is 6.10. The molecular formula is C20H30N6O. The summed E-state index contributed by atoms with van der Waals surface area (Å²) in [6, 6.07) is 5.18. The first-order valence-corrected chi connectivity index (χ1v) is 10.3. The van der Waals surface area contributed by atoms with Crippen LogP contribution in [0.2, 0.25) is 0 Å². The molecule has 7 nitrogen and oxygen atoms in total. The number of nitrogens with one attached hydrogen (secondary N) is 2. The van der Waals surface area contributed by atoms with Crippen LogP contribution in [0.25, 0.3) is 0 Å². The van der Waals surface area contributed by atoms with Crippen molar-refractivity contribution in [2.45, 2.75) is 70.2 Å². The van der Waals surface area contributed by atoms with Crippen molar-refractivity contribution in [1.82, 2.24) is 20.8 Å². The predicted octanol–water partition coefficient (Wildman–Crippen LogP) is 2.33. The van der Waals surface area contributed by atoms with Crippen LogP contribution in [0.5, 0.6) is 0 Å². The van der Waals surface area contributed by atoms with Gasteiger partial charge in [0, 0.05) is 37.0 Å². The summed E-state index contributed by atoms with van der Waals surface area (Å²) in [7, 11) is 0. The van der Waals surface area contributed by atoms with Crippen molar-refractivity contribution in [3.8, 4) is 6.07 Å². The average molecular weight is 371 g/mol. The Kier molecular flexibility index (Phi) is 5.58. The Hall–Kier alpha value is -1.75. The van der Waals surface area contributed by atoms with E-state index in [1.165, 1.54) is 0 Å². The molecule has 1 saturated carbocycles. The lowest BCUT2D eigenvalue weighted by molar-refractivity contribution is -0.0276. The third kappa shape index (κ3) is 4.08. The van der Waals surface area contributed by atoms with Crippen molar-refractivity contribution in [3.05, 3.63) is 18.1 Å². The van der Waals surface area contributed by atoms with Crippen LogP contribution in [-0.2, 0) is 4.74 Å². The van der Waals surface area contributed by atoms with Gasteiger partial charge in [0.15, 0.2) is 0 Å². The molecule has 3 aliphatic rings. The average Bonchev–Trinajstić information content (AvgIpc) is 3.11. The Morgan fingerprint density at radius 1 is 1.19 bits per heavy atom. The quantitative estimate of drug-likeness (QED) is 0.841. The zero-order valence-electron chi connectivity index (χ0n) is 16.3. The minimum absolute atomic E-state index is 0.184. The van der Waals surface area contributed by atoms with E-state index < -0.39 is 0 Å². The van der Waals surface area contributed by atoms with Crippen LogP contribution < -0.4 is 15.8 Å². The van der Waals surface area contributed by atoms with E-state index in [4.69, 9.17) is 10.00 Å². The second-order valence-corrected chi connectivity index (χ2v) is 8.35. The van der Waals surface area contributed by atoms with Crippen LogP contribution >= 0.6 is 0 Å². The summed E-state index contributed by atoms with van der Waals surface area (Å²) in [6.45, 7) is 6.00. The number of hydrazine groups is 1. The van der Waals surface area contributed by atoms with Crippen molar-refractivity contribution in [1.29, 1.82) is 5.26 Å². The molecule has 0 amide bonds. The number of rotatable bonds is 4. The van der Waals surface area contributed by atoms with Gasteiger partial charge in [-0.3, -0.25) is 5.43 Å². The third-order valence-corrected chi connectivity index (χ3v) is 6.16. The van der Waals surface area contributed by atoms with Gasteiger partial charge in [0.1, 0.15) is 12.1 Å². The molecule has 27 heavy (non-hydrogen) atoms. The number of anilines is 1. The van der Waals surface area contributed by atoms with E-state index in [2.05, 4.69) is 51.7 Å². The minimum atomic E-state index is 0.184. The maximum Gasteiger partial charge on any atom is 0.132 e. The summed E-state index contributed by atoms with van der Waals surface area (Å²) in [5.74, 6) is 1.64. The molecule has 7 heteroatoms. The standard InChI is InChI=1S/C20H30N6O/c1-13(2)27-15-3-4-17-16(9-15)20(25-24-17)18-10-19(23-12-22-18)26-7-5-14(11-21)6-8-26/h10,12-17,20,24-25H,3-9H2,1-2H3. The lowest BCUT2D eigenvalue weighted by atomic mass is 9.79. The molecule has 0 radical (unpaired) electrons. The van der Waals surface area contributed by atoms with E-state index >= 15 is 0 Å². The van der Waals surface area contributed by atoms with Crippen molar-refractivity contribution in [2.24, 2.45) is 11.8 Å². The van der Waals surface area contributed by atoms with Gasteiger partial charge >= 0.3 is 0 Å². The number of piperidine rings is 1. The lowest BCUT2D eigenvalue weighted by Crippen LogP contribution is -2.38. The number of hydrogen-bond donors (Lipinski definition) is 2. The largest absolute Gasteiger partial charge is 0.376 e. The van der Waals surface area contributed by atoms with E-state index in [0.717, 1.165) is 56.7 Å². The molecule has 146 valence electrons. The SMILES string of the molecule is CC(C)OC1CCC2NNC(c3cc(N4CCC(C#N)CC4)ncn3)C2C1. The van der Waals surface area contributed by atoms with Gasteiger partial charge in [-0.2, -0.15) is 5.26 Å². The van der Waals surface area contributed by atoms with Crippen LogP contribution in [0.1, 0.15) is 57.7 Å². The molecule has 2 saturated heterocycles. The number of nitrogens with zero attached hydrogens (tertiary/aromatic N) is 4. The van der Waals surface area contributed by atoms with Gasteiger partial charge in [0.25, 0.3) is 0 Å². The van der Waals surface area contributed by atoms with Crippen LogP contribution in [-0.4, -0.2) is 41.3 Å². The number of aromatic nitrogens is 2. The van der Waals surface area contributed by atoms with Gasteiger partial charge in [-0.15, -0.1) is 0 Å². The predicted molar refractivity (Wildman–Crippen MR) is 103 cm³/mol. The van der Waals surface area contributed by atoms with E-state index in [9.17, 15) is 0 Å². The van der Waals surface area contributed by atoms with Crippen LogP contribution in [0, 0.1) is 23.2 Å². The van der Waals surface area contributed by atoms with Gasteiger partial charge in [-0.25, -0.2) is 15.4 Å². The van der Waals surface area contributed by atoms with Crippen molar-refractivity contribution in [2.75, 3.05) is 18.0 Å². The molecule has 4 rings (SSSR count). The summed E-state index contributed by atoms with van der Waals surface area (Å²) in [6.07, 6.45) is 7.42. The first-order valence-electron chi connectivity index (χ1n) is 10.3. The third-order valence-electron chi connectivity index (χ3n) is 6.16. The molecule has 4 atom stereocenters. The highest BCUT2D eigenvalue weighted by Gasteiger charge is 2.42. The zero-order valence-corrected chi connectivity index (χ0v) is 16.3. The molecule has 4 unspecified atom stereocenters. The van der Waals surface area contributed by atoms with E-state index in [1.54, 1.807) is 6.33 Å². The van der Waals surface area contributed by atoms with Gasteiger partial charge in [-0.1, -0.05) is 0 Å². The Bertz CT molecular complexity index is 681. The van der Waals surface area contributed by atoms with Crippen molar-refractivity contribution < 1.29 is 4.74 Å². The molecular weight excluding hydrogens is 340 g/mol. The Labute approximate surface area is 161 Å². The van der Waals surface area contributed by atoms with Crippen LogP contribution in [0.3, 0.4) is 0 Å².